The number of nitrogens with one attached hydrogen (secondary N) is 1. The molecule has 0 aliphatic rings. The molecule has 0 amide bonds. The van der Waals surface area contributed by atoms with Gasteiger partial charge in [-0.25, -0.2) is 9.18 Å². The lowest BCUT2D eigenvalue weighted by molar-refractivity contribution is -0.145. The van der Waals surface area contributed by atoms with Gasteiger partial charge in [0.2, 0.25) is 0 Å². The maximum atomic E-state index is 13.3. The highest BCUT2D eigenvalue weighted by molar-refractivity contribution is 5.71. The second kappa shape index (κ2) is 7.74. The number of benzene rings is 1. The summed E-state index contributed by atoms with van der Waals surface area (Å²) in [6.07, 6.45) is 0. The van der Waals surface area contributed by atoms with Gasteiger partial charge in [0, 0.05) is 11.6 Å². The van der Waals surface area contributed by atoms with E-state index in [4.69, 9.17) is 9.47 Å². The number of carbonyl (C=O) groups is 1. The average Bonchev–Trinajstić information content (AvgIpc) is 2.38. The topological polar surface area (TPSA) is 47.6 Å². The van der Waals surface area contributed by atoms with Crippen LogP contribution in [-0.2, 0) is 9.53 Å². The van der Waals surface area contributed by atoms with Gasteiger partial charge in [-0.1, -0.05) is 6.92 Å². The van der Waals surface area contributed by atoms with Crippen LogP contribution in [0.1, 0.15) is 32.4 Å². The Labute approximate surface area is 112 Å². The molecule has 4 nitrogen and oxygen atoms in total. The molecular formula is C14H20FNO3. The zero-order valence-electron chi connectivity index (χ0n) is 11.5. The molecule has 0 spiro atoms. The minimum atomic E-state index is -0.436. The Hall–Kier alpha value is -1.62. The van der Waals surface area contributed by atoms with Crippen LogP contribution >= 0.6 is 0 Å². The molecule has 106 valence electrons. The standard InChI is InChI=1S/C14H20FNO3/c1-4-16-10(3)12-8-11(15)6-7-13(12)19-9-14(17)18-5-2/h6-8,10,16H,4-5,9H2,1-3H3. The van der Waals surface area contributed by atoms with E-state index in [0.717, 1.165) is 6.54 Å². The number of halogens is 1. The number of rotatable bonds is 7. The van der Waals surface area contributed by atoms with E-state index in [1.165, 1.54) is 18.2 Å². The smallest absolute Gasteiger partial charge is 0.344 e. The summed E-state index contributed by atoms with van der Waals surface area (Å²) in [5.74, 6) is -0.278. The number of hydrogen-bond acceptors (Lipinski definition) is 4. The van der Waals surface area contributed by atoms with Gasteiger partial charge in [0.15, 0.2) is 6.61 Å². The van der Waals surface area contributed by atoms with Gasteiger partial charge in [-0.15, -0.1) is 0 Å². The quantitative estimate of drug-likeness (QED) is 0.772. The minimum absolute atomic E-state index is 0.0575. The molecule has 0 heterocycles. The van der Waals surface area contributed by atoms with Gasteiger partial charge in [-0.05, 0) is 38.6 Å². The predicted octanol–water partition coefficient (Wildman–Crippen LogP) is 2.44. The monoisotopic (exact) mass is 269 g/mol. The van der Waals surface area contributed by atoms with Crippen molar-refractivity contribution in [3.63, 3.8) is 0 Å². The molecule has 0 saturated heterocycles. The van der Waals surface area contributed by atoms with Crippen LogP contribution < -0.4 is 10.1 Å². The molecule has 5 heteroatoms. The number of ether oxygens (including phenoxy) is 2. The van der Waals surface area contributed by atoms with Crippen molar-refractivity contribution in [3.8, 4) is 5.75 Å². The molecule has 0 aliphatic heterocycles. The molecule has 1 atom stereocenters. The van der Waals surface area contributed by atoms with Crippen LogP contribution in [0.2, 0.25) is 0 Å². The van der Waals surface area contributed by atoms with Crippen molar-refractivity contribution in [2.45, 2.75) is 26.8 Å². The molecule has 19 heavy (non-hydrogen) atoms. The SMILES string of the molecule is CCNC(C)c1cc(F)ccc1OCC(=O)OCC. The van der Waals surface area contributed by atoms with Gasteiger partial charge < -0.3 is 14.8 Å². The Bertz CT molecular complexity index is 423. The van der Waals surface area contributed by atoms with Crippen LogP contribution in [0.25, 0.3) is 0 Å². The Morgan fingerprint density at radius 3 is 2.79 bits per heavy atom. The van der Waals surface area contributed by atoms with Crippen molar-refractivity contribution in [1.82, 2.24) is 5.32 Å². The first kappa shape index (κ1) is 15.4. The van der Waals surface area contributed by atoms with Gasteiger partial charge in [0.25, 0.3) is 0 Å². The molecule has 0 bridgehead atoms. The average molecular weight is 269 g/mol. The first-order valence-electron chi connectivity index (χ1n) is 6.39. The second-order valence-corrected chi connectivity index (χ2v) is 4.06. The highest BCUT2D eigenvalue weighted by atomic mass is 19.1. The fourth-order valence-electron chi connectivity index (χ4n) is 1.74. The van der Waals surface area contributed by atoms with E-state index in [9.17, 15) is 9.18 Å². The number of carbonyl (C=O) groups excluding carboxylic acids is 1. The molecule has 0 aliphatic carbocycles. The summed E-state index contributed by atoms with van der Waals surface area (Å²) < 4.78 is 23.5. The van der Waals surface area contributed by atoms with E-state index in [2.05, 4.69) is 5.32 Å². The van der Waals surface area contributed by atoms with Crippen LogP contribution in [0, 0.1) is 5.82 Å². The maximum absolute atomic E-state index is 13.3. The van der Waals surface area contributed by atoms with Crippen LogP contribution in [0.15, 0.2) is 18.2 Å². The molecule has 1 aromatic carbocycles. The summed E-state index contributed by atoms with van der Waals surface area (Å²) in [4.78, 5) is 11.3. The summed E-state index contributed by atoms with van der Waals surface area (Å²) in [7, 11) is 0. The Morgan fingerprint density at radius 2 is 2.16 bits per heavy atom. The fraction of sp³-hybridized carbons (Fsp3) is 0.500. The summed E-state index contributed by atoms with van der Waals surface area (Å²) >= 11 is 0. The molecule has 0 radical (unpaired) electrons. The highest BCUT2D eigenvalue weighted by Gasteiger charge is 2.13. The van der Waals surface area contributed by atoms with Crippen molar-refractivity contribution in [2.75, 3.05) is 19.8 Å². The lowest BCUT2D eigenvalue weighted by atomic mass is 10.1. The van der Waals surface area contributed by atoms with E-state index in [0.29, 0.717) is 17.9 Å². The van der Waals surface area contributed by atoms with Crippen molar-refractivity contribution in [2.24, 2.45) is 0 Å². The van der Waals surface area contributed by atoms with E-state index in [-0.39, 0.29) is 18.5 Å². The third kappa shape index (κ3) is 4.87. The Kier molecular flexibility index (Phi) is 6.29. The minimum Gasteiger partial charge on any atom is -0.482 e. The molecule has 1 N–H and O–H groups in total. The van der Waals surface area contributed by atoms with Crippen LogP contribution in [0.5, 0.6) is 5.75 Å². The summed E-state index contributed by atoms with van der Waals surface area (Å²) in [5.41, 5.74) is 0.686. The van der Waals surface area contributed by atoms with E-state index in [1.807, 2.05) is 13.8 Å². The lowest BCUT2D eigenvalue weighted by Crippen LogP contribution is -2.20. The van der Waals surface area contributed by atoms with Gasteiger partial charge in [0.05, 0.1) is 6.61 Å². The molecule has 1 unspecified atom stereocenters. The third-order valence-corrected chi connectivity index (χ3v) is 2.60. The van der Waals surface area contributed by atoms with Crippen molar-refractivity contribution >= 4 is 5.97 Å². The van der Waals surface area contributed by atoms with Crippen molar-refractivity contribution in [1.29, 1.82) is 0 Å². The molecule has 0 saturated carbocycles. The Morgan fingerprint density at radius 1 is 1.42 bits per heavy atom. The van der Waals surface area contributed by atoms with Crippen LogP contribution in [0.3, 0.4) is 0 Å². The molecule has 1 rings (SSSR count). The first-order valence-corrected chi connectivity index (χ1v) is 6.39. The largest absolute Gasteiger partial charge is 0.482 e. The summed E-state index contributed by atoms with van der Waals surface area (Å²) in [5, 5.41) is 3.18. The molecule has 0 fully saturated rings. The van der Waals surface area contributed by atoms with E-state index < -0.39 is 5.97 Å². The lowest BCUT2D eigenvalue weighted by Gasteiger charge is -2.17. The first-order chi connectivity index (χ1) is 9.08. The molecule has 0 aromatic heterocycles. The van der Waals surface area contributed by atoms with Gasteiger partial charge in [0.1, 0.15) is 11.6 Å². The normalized spacial score (nSPS) is 12.0. The van der Waals surface area contributed by atoms with Crippen LogP contribution in [0.4, 0.5) is 4.39 Å². The maximum Gasteiger partial charge on any atom is 0.344 e. The molecule has 1 aromatic rings. The van der Waals surface area contributed by atoms with E-state index in [1.54, 1.807) is 6.92 Å². The van der Waals surface area contributed by atoms with Gasteiger partial charge in [-0.3, -0.25) is 0 Å². The zero-order chi connectivity index (χ0) is 14.3. The highest BCUT2D eigenvalue weighted by Crippen LogP contribution is 2.26. The number of esters is 1. The van der Waals surface area contributed by atoms with Crippen LogP contribution in [-0.4, -0.2) is 25.7 Å². The van der Waals surface area contributed by atoms with Gasteiger partial charge in [-0.2, -0.15) is 0 Å². The predicted molar refractivity (Wildman–Crippen MR) is 70.6 cm³/mol. The number of hydrogen-bond donors (Lipinski definition) is 1. The molecular weight excluding hydrogens is 249 g/mol. The second-order valence-electron chi connectivity index (χ2n) is 4.06. The van der Waals surface area contributed by atoms with E-state index >= 15 is 0 Å². The third-order valence-electron chi connectivity index (χ3n) is 2.60. The summed E-state index contributed by atoms with van der Waals surface area (Å²) in [6.45, 7) is 6.51. The van der Waals surface area contributed by atoms with Gasteiger partial charge >= 0.3 is 5.97 Å². The zero-order valence-corrected chi connectivity index (χ0v) is 11.5. The van der Waals surface area contributed by atoms with Crippen molar-refractivity contribution < 1.29 is 18.7 Å². The Balaban J connectivity index is 2.78. The summed E-state index contributed by atoms with van der Waals surface area (Å²) in [6, 6.07) is 4.19. The fourth-order valence-corrected chi connectivity index (χ4v) is 1.74. The van der Waals surface area contributed by atoms with Crippen molar-refractivity contribution in [3.05, 3.63) is 29.6 Å².